The maximum Gasteiger partial charge on any atom is 0.387 e. The van der Waals surface area contributed by atoms with Crippen LogP contribution in [0.25, 0.3) is 17.1 Å². The number of methoxy groups -OCH3 is 1. The number of carbonyl (C=O) groups is 1. The molecule has 0 aliphatic rings. The molecule has 1 heterocycles. The van der Waals surface area contributed by atoms with Crippen LogP contribution in [0, 0.1) is 0 Å². The molecule has 0 fully saturated rings. The Hall–Kier alpha value is -3.62. The molecule has 3 aromatic rings. The topological polar surface area (TPSA) is 96.2 Å². The number of imidazole rings is 1. The van der Waals surface area contributed by atoms with E-state index in [2.05, 4.69) is 20.0 Å². The van der Waals surface area contributed by atoms with Crippen LogP contribution in [0.4, 0.5) is 14.5 Å². The van der Waals surface area contributed by atoms with Crippen LogP contribution in [-0.2, 0) is 4.79 Å². The number of para-hydroxylation sites is 1. The summed E-state index contributed by atoms with van der Waals surface area (Å²) in [6, 6.07) is 9.43. The second-order valence-electron chi connectivity index (χ2n) is 5.42. The molecule has 1 amide bonds. The van der Waals surface area contributed by atoms with E-state index in [1.54, 1.807) is 24.3 Å². The molecule has 0 spiro atoms. The van der Waals surface area contributed by atoms with Gasteiger partial charge >= 0.3 is 12.3 Å². The molecule has 0 saturated heterocycles. The van der Waals surface area contributed by atoms with E-state index in [4.69, 9.17) is 4.74 Å². The average Bonchev–Trinajstić information content (AvgIpc) is 2.99. The second kappa shape index (κ2) is 7.73. The molecule has 27 heavy (non-hydrogen) atoms. The highest BCUT2D eigenvalue weighted by Crippen LogP contribution is 2.33. The van der Waals surface area contributed by atoms with Crippen LogP contribution in [0.1, 0.15) is 5.56 Å². The number of benzene rings is 2. The van der Waals surface area contributed by atoms with Gasteiger partial charge in [-0.05, 0) is 30.3 Å². The third-order valence-corrected chi connectivity index (χ3v) is 3.63. The van der Waals surface area contributed by atoms with Crippen LogP contribution in [0.15, 0.2) is 47.3 Å². The Morgan fingerprint density at radius 3 is 2.70 bits per heavy atom. The SMILES string of the molecule is COc1cccc(/C=C\C(=O)Nc2ccc3[nH]c(=O)[nH]c3c2)c1OC(F)F. The predicted octanol–water partition coefficient (Wildman–Crippen LogP) is 3.12. The number of aromatic nitrogens is 2. The molecule has 0 aliphatic heterocycles. The third-order valence-electron chi connectivity index (χ3n) is 3.63. The van der Waals surface area contributed by atoms with Gasteiger partial charge in [-0.15, -0.1) is 0 Å². The molecule has 0 unspecified atom stereocenters. The van der Waals surface area contributed by atoms with Crippen molar-refractivity contribution in [2.24, 2.45) is 0 Å². The number of aromatic amines is 2. The Kier molecular flexibility index (Phi) is 5.20. The number of nitrogens with one attached hydrogen (secondary N) is 3. The van der Waals surface area contributed by atoms with Gasteiger partial charge in [0, 0.05) is 17.3 Å². The maximum absolute atomic E-state index is 12.6. The number of amides is 1. The Bertz CT molecular complexity index is 1060. The lowest BCUT2D eigenvalue weighted by Crippen LogP contribution is -2.08. The molecule has 0 atom stereocenters. The number of halogens is 2. The summed E-state index contributed by atoms with van der Waals surface area (Å²) in [5.74, 6) is -0.525. The lowest BCUT2D eigenvalue weighted by atomic mass is 10.1. The van der Waals surface area contributed by atoms with Crippen molar-refractivity contribution in [3.05, 3.63) is 58.5 Å². The summed E-state index contributed by atoms with van der Waals surface area (Å²) >= 11 is 0. The predicted molar refractivity (Wildman–Crippen MR) is 96.2 cm³/mol. The smallest absolute Gasteiger partial charge is 0.387 e. The van der Waals surface area contributed by atoms with Crippen molar-refractivity contribution < 1.29 is 23.0 Å². The van der Waals surface area contributed by atoms with Crippen molar-refractivity contribution in [3.8, 4) is 11.5 Å². The first-order valence-corrected chi connectivity index (χ1v) is 7.79. The van der Waals surface area contributed by atoms with E-state index in [9.17, 15) is 18.4 Å². The fraction of sp³-hybridized carbons (Fsp3) is 0.111. The number of carbonyl (C=O) groups excluding carboxylic acids is 1. The molecule has 0 aliphatic carbocycles. The standard InChI is InChI=1S/C18H15F2N3O4/c1-26-14-4-2-3-10(16(14)27-17(19)20)5-8-15(24)21-11-6-7-12-13(9-11)23-18(25)22-12/h2-9,17H,1H3,(H,21,24)(H2,22,23,25)/b8-5-. The van der Waals surface area contributed by atoms with Crippen LogP contribution in [0.5, 0.6) is 11.5 Å². The Balaban J connectivity index is 1.78. The second-order valence-corrected chi connectivity index (χ2v) is 5.42. The highest BCUT2D eigenvalue weighted by molar-refractivity contribution is 6.03. The van der Waals surface area contributed by atoms with Gasteiger partial charge in [0.25, 0.3) is 0 Å². The van der Waals surface area contributed by atoms with Gasteiger partial charge in [0.05, 0.1) is 18.1 Å². The van der Waals surface area contributed by atoms with Gasteiger partial charge < -0.3 is 24.8 Å². The van der Waals surface area contributed by atoms with Gasteiger partial charge in [-0.25, -0.2) is 4.79 Å². The first-order chi connectivity index (χ1) is 13.0. The Labute approximate surface area is 151 Å². The molecule has 0 bridgehead atoms. The summed E-state index contributed by atoms with van der Waals surface area (Å²) in [5.41, 5.74) is 1.52. The summed E-state index contributed by atoms with van der Waals surface area (Å²) in [7, 11) is 1.33. The van der Waals surface area contributed by atoms with E-state index in [-0.39, 0.29) is 22.8 Å². The van der Waals surface area contributed by atoms with Crippen LogP contribution in [0.2, 0.25) is 0 Å². The van der Waals surface area contributed by atoms with Crippen LogP contribution < -0.4 is 20.5 Å². The number of rotatable bonds is 6. The average molecular weight is 375 g/mol. The fourth-order valence-corrected chi connectivity index (χ4v) is 2.50. The maximum atomic E-state index is 12.6. The minimum absolute atomic E-state index is 0.125. The molecule has 1 aromatic heterocycles. The molecule has 3 rings (SSSR count). The number of anilines is 1. The van der Waals surface area contributed by atoms with Crippen molar-refractivity contribution in [3.63, 3.8) is 0 Å². The Morgan fingerprint density at radius 2 is 1.96 bits per heavy atom. The van der Waals surface area contributed by atoms with Crippen LogP contribution >= 0.6 is 0 Å². The molecule has 0 saturated carbocycles. The molecule has 9 heteroatoms. The molecular weight excluding hydrogens is 360 g/mol. The number of alkyl halides is 2. The van der Waals surface area contributed by atoms with Gasteiger partial charge in [-0.3, -0.25) is 4.79 Å². The number of fused-ring (bicyclic) bond motifs is 1. The number of hydrogen-bond donors (Lipinski definition) is 3. The highest BCUT2D eigenvalue weighted by atomic mass is 19.3. The minimum Gasteiger partial charge on any atom is -0.493 e. The summed E-state index contributed by atoms with van der Waals surface area (Å²) in [6.45, 7) is -3.03. The van der Waals surface area contributed by atoms with Gasteiger partial charge in [0.2, 0.25) is 5.91 Å². The van der Waals surface area contributed by atoms with Crippen molar-refractivity contribution >= 4 is 28.7 Å². The zero-order valence-electron chi connectivity index (χ0n) is 14.1. The van der Waals surface area contributed by atoms with Crippen molar-refractivity contribution in [1.82, 2.24) is 9.97 Å². The van der Waals surface area contributed by atoms with Crippen molar-refractivity contribution in [2.75, 3.05) is 12.4 Å². The summed E-state index contributed by atoms with van der Waals surface area (Å²) in [5, 5.41) is 2.62. The zero-order valence-corrected chi connectivity index (χ0v) is 14.1. The van der Waals surface area contributed by atoms with E-state index in [0.29, 0.717) is 16.7 Å². The number of ether oxygens (including phenoxy) is 2. The van der Waals surface area contributed by atoms with E-state index in [1.165, 1.54) is 31.4 Å². The first kappa shape index (κ1) is 18.2. The van der Waals surface area contributed by atoms with E-state index >= 15 is 0 Å². The summed E-state index contributed by atoms with van der Waals surface area (Å²) < 4.78 is 34.7. The van der Waals surface area contributed by atoms with Crippen LogP contribution in [-0.4, -0.2) is 29.6 Å². The largest absolute Gasteiger partial charge is 0.493 e. The van der Waals surface area contributed by atoms with Gasteiger partial charge in [-0.2, -0.15) is 8.78 Å². The molecule has 2 aromatic carbocycles. The fourth-order valence-electron chi connectivity index (χ4n) is 2.50. The lowest BCUT2D eigenvalue weighted by molar-refractivity contribution is -0.111. The number of hydrogen-bond acceptors (Lipinski definition) is 4. The quantitative estimate of drug-likeness (QED) is 0.577. The number of H-pyrrole nitrogens is 2. The van der Waals surface area contributed by atoms with Gasteiger partial charge in [-0.1, -0.05) is 12.1 Å². The van der Waals surface area contributed by atoms with E-state index in [1.807, 2.05) is 0 Å². The molecule has 0 radical (unpaired) electrons. The molecule has 7 nitrogen and oxygen atoms in total. The Morgan fingerprint density at radius 1 is 1.19 bits per heavy atom. The monoisotopic (exact) mass is 375 g/mol. The van der Waals surface area contributed by atoms with Crippen LogP contribution in [0.3, 0.4) is 0 Å². The van der Waals surface area contributed by atoms with Crippen molar-refractivity contribution in [2.45, 2.75) is 6.61 Å². The third kappa shape index (κ3) is 4.32. The summed E-state index contributed by atoms with van der Waals surface area (Å²) in [4.78, 5) is 28.6. The van der Waals surface area contributed by atoms with Gasteiger partial charge in [0.1, 0.15) is 0 Å². The molecule has 3 N–H and O–H groups in total. The molecule has 140 valence electrons. The van der Waals surface area contributed by atoms with E-state index in [0.717, 1.165) is 0 Å². The van der Waals surface area contributed by atoms with E-state index < -0.39 is 12.5 Å². The van der Waals surface area contributed by atoms with Crippen molar-refractivity contribution in [1.29, 1.82) is 0 Å². The minimum atomic E-state index is -3.03. The summed E-state index contributed by atoms with van der Waals surface area (Å²) in [6.07, 6.45) is 2.52. The zero-order chi connectivity index (χ0) is 19.4. The normalized spacial score (nSPS) is 11.3. The lowest BCUT2D eigenvalue weighted by Gasteiger charge is -2.12. The van der Waals surface area contributed by atoms with Gasteiger partial charge in [0.15, 0.2) is 11.5 Å². The highest BCUT2D eigenvalue weighted by Gasteiger charge is 2.14. The first-order valence-electron chi connectivity index (χ1n) is 7.79. The molecular formula is C18H15F2N3O4.